The predicted octanol–water partition coefficient (Wildman–Crippen LogP) is 4.07. The Bertz CT molecular complexity index is 1150. The number of benzene rings is 3. The lowest BCUT2D eigenvalue weighted by Gasteiger charge is -2.12. The third-order valence-corrected chi connectivity index (χ3v) is 4.82. The van der Waals surface area contributed by atoms with Crippen molar-refractivity contribution < 1.29 is 14.3 Å². The summed E-state index contributed by atoms with van der Waals surface area (Å²) < 4.78 is 5.42. The highest BCUT2D eigenvalue weighted by Crippen LogP contribution is 2.15. The van der Waals surface area contributed by atoms with Gasteiger partial charge in [0.1, 0.15) is 11.4 Å². The van der Waals surface area contributed by atoms with Gasteiger partial charge in [-0.05, 0) is 72.7 Å². The Morgan fingerprint density at radius 1 is 0.912 bits per heavy atom. The number of amides is 2. The average molecular weight is 457 g/mol. The lowest BCUT2D eigenvalue weighted by atomic mass is 10.1. The highest BCUT2D eigenvalue weighted by atomic mass is 16.5. The number of hydrazone groups is 1. The number of nitrogens with zero attached hydrogens (tertiary/aromatic N) is 2. The minimum atomic E-state index is -0.539. The van der Waals surface area contributed by atoms with Crippen molar-refractivity contribution >= 4 is 29.8 Å². The van der Waals surface area contributed by atoms with Gasteiger partial charge in [0.2, 0.25) is 0 Å². The molecule has 0 aliphatic heterocycles. The Hall–Kier alpha value is -4.39. The third kappa shape index (κ3) is 7.06. The molecule has 0 bridgehead atoms. The maximum atomic E-state index is 12.9. The molecule has 0 fully saturated rings. The molecule has 7 heteroatoms. The Labute approximate surface area is 199 Å². The molecular weight excluding hydrogens is 428 g/mol. The fraction of sp³-hybridized carbons (Fsp3) is 0.148. The summed E-state index contributed by atoms with van der Waals surface area (Å²) >= 11 is 0. The van der Waals surface area contributed by atoms with E-state index in [-0.39, 0.29) is 11.6 Å². The van der Waals surface area contributed by atoms with Crippen LogP contribution in [0.1, 0.15) is 28.4 Å². The van der Waals surface area contributed by atoms with Crippen LogP contribution in [0, 0.1) is 0 Å². The van der Waals surface area contributed by atoms with Gasteiger partial charge in [0.25, 0.3) is 11.8 Å². The van der Waals surface area contributed by atoms with Gasteiger partial charge >= 0.3 is 0 Å². The summed E-state index contributed by atoms with van der Waals surface area (Å²) in [4.78, 5) is 27.5. The van der Waals surface area contributed by atoms with E-state index in [9.17, 15) is 9.59 Å². The van der Waals surface area contributed by atoms with E-state index >= 15 is 0 Å². The number of hydrogen-bond acceptors (Lipinski definition) is 5. The SMILES string of the molecule is CCOc1ccc(/C=N/NC(=O)/C(=C/c2ccc(N(C)C)cc2)NC(=O)c2ccccc2)cc1. The number of rotatable bonds is 9. The second-order valence-electron chi connectivity index (χ2n) is 7.57. The van der Waals surface area contributed by atoms with Gasteiger partial charge in [-0.1, -0.05) is 30.3 Å². The van der Waals surface area contributed by atoms with E-state index in [1.54, 1.807) is 30.3 Å². The first-order valence-electron chi connectivity index (χ1n) is 10.9. The van der Waals surface area contributed by atoms with Crippen molar-refractivity contribution in [3.8, 4) is 5.75 Å². The van der Waals surface area contributed by atoms with Gasteiger partial charge in [-0.25, -0.2) is 5.43 Å². The van der Waals surface area contributed by atoms with E-state index in [2.05, 4.69) is 15.8 Å². The van der Waals surface area contributed by atoms with Gasteiger partial charge in [-0.2, -0.15) is 5.10 Å². The fourth-order valence-electron chi connectivity index (χ4n) is 3.02. The molecule has 0 saturated carbocycles. The maximum Gasteiger partial charge on any atom is 0.287 e. The first-order valence-corrected chi connectivity index (χ1v) is 10.9. The van der Waals surface area contributed by atoms with E-state index in [4.69, 9.17) is 4.74 Å². The van der Waals surface area contributed by atoms with E-state index < -0.39 is 5.91 Å². The monoisotopic (exact) mass is 456 g/mol. The van der Waals surface area contributed by atoms with Crippen molar-refractivity contribution in [1.29, 1.82) is 0 Å². The summed E-state index contributed by atoms with van der Waals surface area (Å²) in [6.07, 6.45) is 3.14. The molecule has 0 saturated heterocycles. The number of carbonyl (C=O) groups is 2. The van der Waals surface area contributed by atoms with Gasteiger partial charge < -0.3 is 15.0 Å². The molecule has 0 aliphatic carbocycles. The topological polar surface area (TPSA) is 83.0 Å². The summed E-state index contributed by atoms with van der Waals surface area (Å²) in [5, 5.41) is 6.73. The van der Waals surface area contributed by atoms with Crippen LogP contribution in [0.4, 0.5) is 5.69 Å². The third-order valence-electron chi connectivity index (χ3n) is 4.82. The van der Waals surface area contributed by atoms with Gasteiger partial charge in [-0.3, -0.25) is 9.59 Å². The van der Waals surface area contributed by atoms with Crippen LogP contribution in [0.5, 0.6) is 5.75 Å². The lowest BCUT2D eigenvalue weighted by molar-refractivity contribution is -0.117. The first kappa shape index (κ1) is 24.3. The molecule has 0 unspecified atom stereocenters. The Kier molecular flexibility index (Phi) is 8.57. The van der Waals surface area contributed by atoms with Crippen molar-refractivity contribution in [3.05, 3.63) is 101 Å². The van der Waals surface area contributed by atoms with E-state index in [0.29, 0.717) is 12.2 Å². The normalized spacial score (nSPS) is 11.2. The van der Waals surface area contributed by atoms with Crippen LogP contribution in [-0.4, -0.2) is 38.7 Å². The molecule has 0 spiro atoms. The Morgan fingerprint density at radius 2 is 1.56 bits per heavy atom. The Morgan fingerprint density at radius 3 is 2.18 bits per heavy atom. The number of carbonyl (C=O) groups excluding carboxylic acids is 2. The standard InChI is InChI=1S/C27H28N4O3/c1-4-34-24-16-12-21(13-17-24)19-28-30-27(33)25(29-26(32)22-8-6-5-7-9-22)18-20-10-14-23(15-11-20)31(2)3/h5-19H,4H2,1-3H3,(H,29,32)(H,30,33)/b25-18-,28-19+. The quantitative estimate of drug-likeness (QED) is 0.289. The van der Waals surface area contributed by atoms with E-state index in [0.717, 1.165) is 22.6 Å². The summed E-state index contributed by atoms with van der Waals surface area (Å²) in [7, 11) is 3.90. The Balaban J connectivity index is 1.77. The second kappa shape index (κ2) is 12.0. The van der Waals surface area contributed by atoms with E-state index in [1.165, 1.54) is 6.21 Å². The van der Waals surface area contributed by atoms with Gasteiger partial charge in [0.15, 0.2) is 0 Å². The molecule has 3 aromatic rings. The largest absolute Gasteiger partial charge is 0.494 e. The van der Waals surface area contributed by atoms with Crippen LogP contribution in [0.15, 0.2) is 89.7 Å². The van der Waals surface area contributed by atoms with Crippen molar-refractivity contribution in [2.45, 2.75) is 6.92 Å². The second-order valence-corrected chi connectivity index (χ2v) is 7.57. The highest BCUT2D eigenvalue weighted by Gasteiger charge is 2.14. The predicted molar refractivity (Wildman–Crippen MR) is 136 cm³/mol. The molecule has 2 amide bonds. The lowest BCUT2D eigenvalue weighted by Crippen LogP contribution is -2.32. The fourth-order valence-corrected chi connectivity index (χ4v) is 3.02. The molecular formula is C27H28N4O3. The minimum absolute atomic E-state index is 0.0790. The molecule has 174 valence electrons. The molecule has 0 aromatic heterocycles. The van der Waals surface area contributed by atoms with Gasteiger partial charge in [0.05, 0.1) is 12.8 Å². The molecule has 34 heavy (non-hydrogen) atoms. The summed E-state index contributed by atoms with van der Waals surface area (Å²) in [6, 6.07) is 23.7. The van der Waals surface area contributed by atoms with Crippen molar-refractivity contribution in [2.75, 3.05) is 25.6 Å². The molecule has 3 rings (SSSR count). The smallest absolute Gasteiger partial charge is 0.287 e. The van der Waals surface area contributed by atoms with Gasteiger partial charge in [-0.15, -0.1) is 0 Å². The number of ether oxygens (including phenoxy) is 1. The zero-order valence-electron chi connectivity index (χ0n) is 19.5. The van der Waals surface area contributed by atoms with Crippen LogP contribution in [0.3, 0.4) is 0 Å². The van der Waals surface area contributed by atoms with Crippen LogP contribution in [0.2, 0.25) is 0 Å². The van der Waals surface area contributed by atoms with E-state index in [1.807, 2.05) is 80.5 Å². The van der Waals surface area contributed by atoms with Crippen molar-refractivity contribution in [2.24, 2.45) is 5.10 Å². The molecule has 3 aromatic carbocycles. The summed E-state index contributed by atoms with van der Waals surface area (Å²) in [5.74, 6) is -0.164. The molecule has 0 radical (unpaired) electrons. The summed E-state index contributed by atoms with van der Waals surface area (Å²) in [6.45, 7) is 2.51. The first-order chi connectivity index (χ1) is 16.5. The van der Waals surface area contributed by atoms with Crippen molar-refractivity contribution in [3.63, 3.8) is 0 Å². The maximum absolute atomic E-state index is 12.9. The summed E-state index contributed by atoms with van der Waals surface area (Å²) in [5.41, 5.74) is 5.59. The van der Waals surface area contributed by atoms with Crippen molar-refractivity contribution in [1.82, 2.24) is 10.7 Å². The molecule has 0 heterocycles. The molecule has 2 N–H and O–H groups in total. The van der Waals surface area contributed by atoms with Gasteiger partial charge in [0, 0.05) is 25.3 Å². The van der Waals surface area contributed by atoms with Crippen LogP contribution < -0.4 is 20.4 Å². The number of nitrogens with one attached hydrogen (secondary N) is 2. The zero-order valence-corrected chi connectivity index (χ0v) is 19.5. The van der Waals surface area contributed by atoms with Crippen LogP contribution >= 0.6 is 0 Å². The minimum Gasteiger partial charge on any atom is -0.494 e. The van der Waals surface area contributed by atoms with Crippen LogP contribution in [0.25, 0.3) is 6.08 Å². The average Bonchev–Trinajstić information content (AvgIpc) is 2.85. The van der Waals surface area contributed by atoms with Crippen LogP contribution in [-0.2, 0) is 4.79 Å². The molecule has 7 nitrogen and oxygen atoms in total. The highest BCUT2D eigenvalue weighted by molar-refractivity contribution is 6.05. The number of anilines is 1. The zero-order chi connectivity index (χ0) is 24.3. The molecule has 0 aliphatic rings. The molecule has 0 atom stereocenters. The number of hydrogen-bond donors (Lipinski definition) is 2.